The molecule has 1 spiro atoms. The molecule has 0 aromatic rings. The number of fused-ring (bicyclic) bond motifs is 2. The first-order valence-electron chi connectivity index (χ1n) is 23.6. The average Bonchev–Trinajstić information content (AvgIpc) is 3.59. The van der Waals surface area contributed by atoms with Gasteiger partial charge in [0, 0.05) is 58.0 Å². The van der Waals surface area contributed by atoms with Gasteiger partial charge in [-0.25, -0.2) is 8.42 Å². The Hall–Kier alpha value is -2.32. The summed E-state index contributed by atoms with van der Waals surface area (Å²) in [6, 6.07) is 0. The van der Waals surface area contributed by atoms with Crippen molar-refractivity contribution in [1.29, 1.82) is 0 Å². The third-order valence-electron chi connectivity index (χ3n) is 15.0. The summed E-state index contributed by atoms with van der Waals surface area (Å²) in [5, 5.41) is 22.9. The predicted molar refractivity (Wildman–Crippen MR) is 240 cm³/mol. The van der Waals surface area contributed by atoms with E-state index < -0.39 is 112 Å². The molecule has 1 aliphatic carbocycles. The van der Waals surface area contributed by atoms with E-state index >= 15 is 0 Å². The molecule has 6 heterocycles. The Labute approximate surface area is 385 Å². The summed E-state index contributed by atoms with van der Waals surface area (Å²) in [6.07, 6.45) is 9.25. The van der Waals surface area contributed by atoms with E-state index in [2.05, 4.69) is 32.9 Å². The van der Waals surface area contributed by atoms with Crippen molar-refractivity contribution in [2.75, 3.05) is 27.1 Å². The Kier molecular flexibility index (Phi) is 15.8. The van der Waals surface area contributed by atoms with Crippen LogP contribution in [0.4, 0.5) is 0 Å². The molecule has 6 aliphatic heterocycles. The Morgan fingerprint density at radius 3 is 2.29 bits per heavy atom. The van der Waals surface area contributed by atoms with Gasteiger partial charge in [0.25, 0.3) is 0 Å². The number of esters is 1. The third-order valence-corrected chi connectivity index (χ3v) is 16.6. The highest BCUT2D eigenvalue weighted by atomic mass is 32.2. The summed E-state index contributed by atoms with van der Waals surface area (Å²) in [5.41, 5.74) is 0.0618. The number of carbonyl (C=O) groups excluding carboxylic acids is 1. The van der Waals surface area contributed by atoms with Gasteiger partial charge in [-0.1, -0.05) is 70.6 Å². The Morgan fingerprint density at radius 1 is 0.908 bits per heavy atom. The van der Waals surface area contributed by atoms with Crippen LogP contribution in [-0.4, -0.2) is 148 Å². The van der Waals surface area contributed by atoms with Gasteiger partial charge in [-0.3, -0.25) is 4.79 Å². The van der Waals surface area contributed by atoms with E-state index in [9.17, 15) is 23.4 Å². The molecular weight excluding hydrogens is 861 g/mol. The van der Waals surface area contributed by atoms with Crippen molar-refractivity contribution in [3.05, 3.63) is 59.3 Å². The smallest absolute Gasteiger partial charge is 0.316 e. The van der Waals surface area contributed by atoms with Gasteiger partial charge in [-0.15, -0.1) is 0 Å². The number of ether oxygens (including phenoxy) is 10. The zero-order valence-electron chi connectivity index (χ0n) is 40.0. The Bertz CT molecular complexity index is 1960. The van der Waals surface area contributed by atoms with Crippen molar-refractivity contribution in [2.24, 2.45) is 23.7 Å². The molecule has 4 saturated heterocycles. The summed E-state index contributed by atoms with van der Waals surface area (Å²) in [6.45, 7) is 15.9. The SMILES string of the molecule is CCC(C)[C@H]1O[C@]2(C=C[C@@H]1C)C[C@@H]1C[C@@H](C/C=C(\C)[C@@H](O[C@H]3C[C@H](OC)[C@@H](O[C@H]4C[C@H](OC)[C@@H](S(C)(=O)=O)[C@H](C)O4)[C@H](C)O3)[C@@H](C)/C=C/C=C3\CO[C@@H]4[C@H](O)C(C)=C[C@@H](C(=O)O1)[C@]34O)O2. The van der Waals surface area contributed by atoms with Crippen LogP contribution < -0.4 is 0 Å². The fourth-order valence-corrected chi connectivity index (χ4v) is 12.7. The standard InChI is InChI=1S/C49H74O15S/c1-12-26(2)43-29(5)18-19-48(64-43)24-35-21-34(63-48)17-16-28(4)42(27(3)14-13-15-33-25-57-46-41(50)30(6)20-36(47(51)60-35)49(33,46)52)61-39-22-37(55-9)44(31(7)58-39)62-40-23-38(56-10)45(32(8)59-40)65(11,53)54/h13-16,18-20,26-27,29,31-32,34-46,50,52H,12,17,21-25H2,1-11H3/b14-13+,28-16+,33-15+/t26?,27-,29-,31-,32-,34+,35-,36-,37-,38-,39-,40-,41+,42-,43+,44-,45-,46+,48+,49+/m0/s1. The molecule has 7 aliphatic rings. The highest BCUT2D eigenvalue weighted by Gasteiger charge is 2.60. The first kappa shape index (κ1) is 50.6. The van der Waals surface area contributed by atoms with Gasteiger partial charge in [0.1, 0.15) is 41.2 Å². The number of hydrogen-bond donors (Lipinski definition) is 2. The van der Waals surface area contributed by atoms with E-state index in [1.165, 1.54) is 13.4 Å². The summed E-state index contributed by atoms with van der Waals surface area (Å²) in [7, 11) is -0.335. The Morgan fingerprint density at radius 2 is 1.60 bits per heavy atom. The third kappa shape index (κ3) is 10.5. The van der Waals surface area contributed by atoms with Crippen molar-refractivity contribution >= 4 is 15.8 Å². The summed E-state index contributed by atoms with van der Waals surface area (Å²) in [4.78, 5) is 14.4. The summed E-state index contributed by atoms with van der Waals surface area (Å²) < 4.78 is 89.1. The van der Waals surface area contributed by atoms with Gasteiger partial charge in [0.05, 0.1) is 49.3 Å². The quantitative estimate of drug-likeness (QED) is 0.220. The topological polar surface area (TPSA) is 184 Å². The Balaban J connectivity index is 1.17. The highest BCUT2D eigenvalue weighted by Crippen LogP contribution is 2.47. The lowest BCUT2D eigenvalue weighted by Crippen LogP contribution is -2.58. The van der Waals surface area contributed by atoms with Gasteiger partial charge in [0.2, 0.25) is 0 Å². The lowest BCUT2D eigenvalue weighted by atomic mass is 9.71. The molecule has 4 fully saturated rings. The van der Waals surface area contributed by atoms with Crippen LogP contribution in [0, 0.1) is 23.7 Å². The number of allylic oxidation sites excluding steroid dienone is 2. The van der Waals surface area contributed by atoms with Crippen LogP contribution in [0.15, 0.2) is 59.3 Å². The molecule has 7 rings (SSSR count). The van der Waals surface area contributed by atoms with Gasteiger partial charge < -0.3 is 57.6 Å². The van der Waals surface area contributed by atoms with Crippen molar-refractivity contribution < 1.29 is 70.8 Å². The number of methoxy groups -OCH3 is 2. The van der Waals surface area contributed by atoms with Crippen LogP contribution in [0.5, 0.6) is 0 Å². The fourth-order valence-electron chi connectivity index (χ4n) is 11.2. The second-order valence-corrected chi connectivity index (χ2v) is 22.0. The molecule has 0 aromatic carbocycles. The van der Waals surface area contributed by atoms with Crippen molar-refractivity contribution in [3.8, 4) is 0 Å². The monoisotopic (exact) mass is 934 g/mol. The number of rotatable bonds is 9. The highest BCUT2D eigenvalue weighted by molar-refractivity contribution is 7.91. The second kappa shape index (κ2) is 20.3. The zero-order valence-corrected chi connectivity index (χ0v) is 40.8. The lowest BCUT2D eigenvalue weighted by molar-refractivity contribution is -0.309. The van der Waals surface area contributed by atoms with Gasteiger partial charge in [-0.05, 0) is 62.8 Å². The normalized spacial score (nSPS) is 47.7. The van der Waals surface area contributed by atoms with E-state index in [4.69, 9.17) is 47.4 Å². The fraction of sp³-hybridized carbons (Fsp3) is 0.776. The number of aliphatic hydroxyl groups excluding tert-OH is 1. The van der Waals surface area contributed by atoms with E-state index in [1.807, 2.05) is 39.0 Å². The number of hydrogen-bond acceptors (Lipinski definition) is 15. The molecule has 65 heavy (non-hydrogen) atoms. The molecule has 15 nitrogen and oxygen atoms in total. The van der Waals surface area contributed by atoms with Crippen molar-refractivity contribution in [2.45, 2.75) is 190 Å². The minimum atomic E-state index is -3.45. The predicted octanol–water partition coefficient (Wildman–Crippen LogP) is 5.43. The van der Waals surface area contributed by atoms with Crippen LogP contribution in [0.2, 0.25) is 0 Å². The zero-order chi connectivity index (χ0) is 47.2. The second-order valence-electron chi connectivity index (χ2n) is 19.8. The van der Waals surface area contributed by atoms with Gasteiger partial charge in [0.15, 0.2) is 28.2 Å². The van der Waals surface area contributed by atoms with Gasteiger partial charge >= 0.3 is 5.97 Å². The van der Waals surface area contributed by atoms with Crippen LogP contribution >= 0.6 is 0 Å². The summed E-state index contributed by atoms with van der Waals surface area (Å²) >= 11 is 0. The van der Waals surface area contributed by atoms with Crippen LogP contribution in [0.25, 0.3) is 0 Å². The minimum absolute atomic E-state index is 0.0155. The van der Waals surface area contributed by atoms with Crippen molar-refractivity contribution in [1.82, 2.24) is 0 Å². The minimum Gasteiger partial charge on any atom is -0.462 e. The maximum atomic E-state index is 14.4. The lowest BCUT2D eigenvalue weighted by Gasteiger charge is -2.48. The molecule has 20 atom stereocenters. The largest absolute Gasteiger partial charge is 0.462 e. The van der Waals surface area contributed by atoms with Crippen molar-refractivity contribution in [3.63, 3.8) is 0 Å². The van der Waals surface area contributed by atoms with Crippen LogP contribution in [-0.2, 0) is 62.0 Å². The molecule has 2 N–H and O–H groups in total. The number of carbonyl (C=O) groups is 1. The van der Waals surface area contributed by atoms with Gasteiger partial charge in [-0.2, -0.15) is 0 Å². The number of sulfone groups is 1. The number of aliphatic hydroxyl groups is 2. The molecule has 0 aromatic heterocycles. The molecule has 0 amide bonds. The molecule has 1 unspecified atom stereocenters. The van der Waals surface area contributed by atoms with E-state index in [0.29, 0.717) is 30.4 Å². The maximum Gasteiger partial charge on any atom is 0.316 e. The molecule has 16 heteroatoms. The molecule has 2 bridgehead atoms. The van der Waals surface area contributed by atoms with E-state index in [0.717, 1.165) is 12.0 Å². The molecular formula is C49H74O15S. The molecule has 0 saturated carbocycles. The molecule has 366 valence electrons. The van der Waals surface area contributed by atoms with E-state index in [-0.39, 0.29) is 43.3 Å². The first-order chi connectivity index (χ1) is 30.7. The van der Waals surface area contributed by atoms with Crippen LogP contribution in [0.1, 0.15) is 93.9 Å². The first-order valence-corrected chi connectivity index (χ1v) is 25.5. The average molecular weight is 935 g/mol. The van der Waals surface area contributed by atoms with E-state index in [1.54, 1.807) is 33.1 Å². The summed E-state index contributed by atoms with van der Waals surface area (Å²) in [5.74, 6) is -2.67. The molecule has 0 radical (unpaired) electrons. The van der Waals surface area contributed by atoms with Crippen LogP contribution in [0.3, 0.4) is 0 Å². The maximum absolute atomic E-state index is 14.4.